The molecule has 1 saturated heterocycles. The molecule has 0 saturated carbocycles. The van der Waals surface area contributed by atoms with Crippen molar-refractivity contribution in [1.82, 2.24) is 10.6 Å². The van der Waals surface area contributed by atoms with Crippen LogP contribution in [0.3, 0.4) is 0 Å². The van der Waals surface area contributed by atoms with Gasteiger partial charge in [0, 0.05) is 24.5 Å². The van der Waals surface area contributed by atoms with Gasteiger partial charge in [0.2, 0.25) is 0 Å². The topological polar surface area (TPSA) is 24.1 Å². The summed E-state index contributed by atoms with van der Waals surface area (Å²) in [7, 11) is 0. The zero-order valence-electron chi connectivity index (χ0n) is 6.64. The summed E-state index contributed by atoms with van der Waals surface area (Å²) in [5, 5.41) is 6.78. The summed E-state index contributed by atoms with van der Waals surface area (Å²) in [6.45, 7) is 3.12. The SMILES string of the molecule is Clc1ccc([C@@H]2CNCCN2)s1. The smallest absolute Gasteiger partial charge is 0.0931 e. The van der Waals surface area contributed by atoms with Crippen LogP contribution < -0.4 is 10.6 Å². The molecule has 0 aliphatic carbocycles. The first kappa shape index (κ1) is 8.51. The lowest BCUT2D eigenvalue weighted by molar-refractivity contribution is 0.435. The molecule has 0 spiro atoms. The average molecular weight is 203 g/mol. The van der Waals surface area contributed by atoms with Gasteiger partial charge in [0.1, 0.15) is 0 Å². The van der Waals surface area contributed by atoms with Gasteiger partial charge in [-0.25, -0.2) is 0 Å². The van der Waals surface area contributed by atoms with E-state index in [2.05, 4.69) is 16.7 Å². The van der Waals surface area contributed by atoms with Crippen LogP contribution >= 0.6 is 22.9 Å². The van der Waals surface area contributed by atoms with Crippen LogP contribution in [0.15, 0.2) is 12.1 Å². The number of halogens is 1. The summed E-state index contributed by atoms with van der Waals surface area (Å²) < 4.78 is 0.873. The second-order valence-electron chi connectivity index (χ2n) is 2.85. The summed E-state index contributed by atoms with van der Waals surface area (Å²) in [6.07, 6.45) is 0. The minimum Gasteiger partial charge on any atom is -0.314 e. The van der Waals surface area contributed by atoms with Gasteiger partial charge in [-0.3, -0.25) is 0 Å². The van der Waals surface area contributed by atoms with E-state index in [4.69, 9.17) is 11.6 Å². The highest BCUT2D eigenvalue weighted by Gasteiger charge is 2.15. The Morgan fingerprint density at radius 3 is 2.92 bits per heavy atom. The van der Waals surface area contributed by atoms with E-state index >= 15 is 0 Å². The van der Waals surface area contributed by atoms with E-state index < -0.39 is 0 Å². The van der Waals surface area contributed by atoms with Gasteiger partial charge < -0.3 is 10.6 Å². The first-order valence-corrected chi connectivity index (χ1v) is 5.25. The third-order valence-corrected chi connectivity index (χ3v) is 3.32. The van der Waals surface area contributed by atoms with Gasteiger partial charge in [-0.2, -0.15) is 0 Å². The lowest BCUT2D eigenvalue weighted by Gasteiger charge is -2.23. The molecule has 2 N–H and O–H groups in total. The first-order chi connectivity index (χ1) is 5.86. The molecular weight excluding hydrogens is 192 g/mol. The van der Waals surface area contributed by atoms with Crippen LogP contribution in [0.5, 0.6) is 0 Å². The highest BCUT2D eigenvalue weighted by molar-refractivity contribution is 7.16. The van der Waals surface area contributed by atoms with Crippen molar-refractivity contribution < 1.29 is 0 Å². The predicted molar refractivity (Wildman–Crippen MR) is 52.9 cm³/mol. The Bertz CT molecular complexity index is 255. The molecule has 1 aliphatic heterocycles. The minimum absolute atomic E-state index is 0.455. The molecule has 12 heavy (non-hydrogen) atoms. The van der Waals surface area contributed by atoms with Crippen molar-refractivity contribution in [3.63, 3.8) is 0 Å². The maximum absolute atomic E-state index is 5.85. The van der Waals surface area contributed by atoms with E-state index in [1.165, 1.54) is 4.88 Å². The zero-order valence-corrected chi connectivity index (χ0v) is 8.21. The molecule has 0 bridgehead atoms. The fourth-order valence-corrected chi connectivity index (χ4v) is 2.51. The molecule has 2 nitrogen and oxygen atoms in total. The highest BCUT2D eigenvalue weighted by atomic mass is 35.5. The third kappa shape index (κ3) is 1.80. The number of rotatable bonds is 1. The van der Waals surface area contributed by atoms with Gasteiger partial charge in [-0.15, -0.1) is 11.3 Å². The van der Waals surface area contributed by atoms with Crippen molar-refractivity contribution in [3.05, 3.63) is 21.3 Å². The maximum Gasteiger partial charge on any atom is 0.0931 e. The second-order valence-corrected chi connectivity index (χ2v) is 4.60. The highest BCUT2D eigenvalue weighted by Crippen LogP contribution is 2.26. The lowest BCUT2D eigenvalue weighted by atomic mass is 10.2. The van der Waals surface area contributed by atoms with Gasteiger partial charge in [0.25, 0.3) is 0 Å². The number of nitrogens with one attached hydrogen (secondary N) is 2. The first-order valence-electron chi connectivity index (χ1n) is 4.05. The van der Waals surface area contributed by atoms with Crippen LogP contribution in [0.1, 0.15) is 10.9 Å². The van der Waals surface area contributed by atoms with Crippen molar-refractivity contribution in [2.24, 2.45) is 0 Å². The van der Waals surface area contributed by atoms with Crippen LogP contribution in [-0.4, -0.2) is 19.6 Å². The Balaban J connectivity index is 2.08. The Kier molecular flexibility index (Phi) is 2.66. The van der Waals surface area contributed by atoms with Gasteiger partial charge in [0.05, 0.1) is 10.4 Å². The molecule has 2 heterocycles. The number of piperazine rings is 1. The molecule has 2 rings (SSSR count). The number of hydrogen-bond donors (Lipinski definition) is 2. The Morgan fingerprint density at radius 1 is 1.42 bits per heavy atom. The van der Waals surface area contributed by atoms with Crippen LogP contribution in [0.25, 0.3) is 0 Å². The van der Waals surface area contributed by atoms with Gasteiger partial charge in [0.15, 0.2) is 0 Å². The normalized spacial score (nSPS) is 24.2. The summed E-state index contributed by atoms with van der Waals surface area (Å²) in [5.41, 5.74) is 0. The number of hydrogen-bond acceptors (Lipinski definition) is 3. The molecule has 1 aliphatic rings. The van der Waals surface area contributed by atoms with Gasteiger partial charge >= 0.3 is 0 Å². The molecule has 0 unspecified atom stereocenters. The summed E-state index contributed by atoms with van der Waals surface area (Å²) in [4.78, 5) is 1.33. The van der Waals surface area contributed by atoms with Crippen molar-refractivity contribution in [1.29, 1.82) is 0 Å². The zero-order chi connectivity index (χ0) is 8.39. The molecule has 1 atom stereocenters. The fourth-order valence-electron chi connectivity index (χ4n) is 1.37. The Morgan fingerprint density at radius 2 is 2.33 bits per heavy atom. The van der Waals surface area contributed by atoms with Crippen LogP contribution in [0.2, 0.25) is 4.34 Å². The molecule has 1 aromatic heterocycles. The lowest BCUT2D eigenvalue weighted by Crippen LogP contribution is -2.42. The second kappa shape index (κ2) is 3.75. The largest absolute Gasteiger partial charge is 0.314 e. The van der Waals surface area contributed by atoms with Crippen molar-refractivity contribution in [2.45, 2.75) is 6.04 Å². The van der Waals surface area contributed by atoms with E-state index in [1.54, 1.807) is 11.3 Å². The standard InChI is InChI=1S/C8H11ClN2S/c9-8-2-1-7(12-8)6-5-10-3-4-11-6/h1-2,6,10-11H,3-5H2/t6-/m0/s1. The molecule has 1 aromatic rings. The Hall–Kier alpha value is -0.0900. The van der Waals surface area contributed by atoms with Gasteiger partial charge in [-0.1, -0.05) is 11.6 Å². The van der Waals surface area contributed by atoms with Crippen LogP contribution in [0, 0.1) is 0 Å². The fraction of sp³-hybridized carbons (Fsp3) is 0.500. The average Bonchev–Trinajstić information content (AvgIpc) is 2.54. The maximum atomic E-state index is 5.85. The molecule has 0 aromatic carbocycles. The molecule has 66 valence electrons. The number of thiophene rings is 1. The molecule has 1 fully saturated rings. The predicted octanol–water partition coefficient (Wildman–Crippen LogP) is 1.64. The van der Waals surface area contributed by atoms with E-state index in [0.717, 1.165) is 24.0 Å². The van der Waals surface area contributed by atoms with Crippen molar-refractivity contribution >= 4 is 22.9 Å². The monoisotopic (exact) mass is 202 g/mol. The summed E-state index contributed by atoms with van der Waals surface area (Å²) in [5.74, 6) is 0. The minimum atomic E-state index is 0.455. The van der Waals surface area contributed by atoms with E-state index in [0.29, 0.717) is 6.04 Å². The summed E-state index contributed by atoms with van der Waals surface area (Å²) >= 11 is 7.51. The Labute approximate surface area is 80.9 Å². The molecule has 0 radical (unpaired) electrons. The van der Waals surface area contributed by atoms with E-state index in [9.17, 15) is 0 Å². The molecule has 0 amide bonds. The molecular formula is C8H11ClN2S. The van der Waals surface area contributed by atoms with E-state index in [1.807, 2.05) is 6.07 Å². The quantitative estimate of drug-likeness (QED) is 0.724. The van der Waals surface area contributed by atoms with Crippen LogP contribution in [-0.2, 0) is 0 Å². The van der Waals surface area contributed by atoms with Crippen LogP contribution in [0.4, 0.5) is 0 Å². The molecule has 4 heteroatoms. The summed E-state index contributed by atoms with van der Waals surface area (Å²) in [6, 6.07) is 4.51. The van der Waals surface area contributed by atoms with Crippen molar-refractivity contribution in [3.8, 4) is 0 Å². The van der Waals surface area contributed by atoms with Crippen molar-refractivity contribution in [2.75, 3.05) is 19.6 Å². The third-order valence-electron chi connectivity index (χ3n) is 1.98. The van der Waals surface area contributed by atoms with E-state index in [-0.39, 0.29) is 0 Å². The van der Waals surface area contributed by atoms with Gasteiger partial charge in [-0.05, 0) is 12.1 Å².